The summed E-state index contributed by atoms with van der Waals surface area (Å²) in [5.74, 6) is -0.136. The third-order valence-corrected chi connectivity index (χ3v) is 4.26. The van der Waals surface area contributed by atoms with E-state index >= 15 is 0 Å². The first-order valence-electron chi connectivity index (χ1n) is 7.00. The zero-order valence-corrected chi connectivity index (χ0v) is 13.1. The minimum absolute atomic E-state index is 0.0914. The summed E-state index contributed by atoms with van der Waals surface area (Å²) in [4.78, 5) is 24.2. The fourth-order valence-electron chi connectivity index (χ4n) is 2.19. The van der Waals surface area contributed by atoms with Gasteiger partial charge in [-0.05, 0) is 23.9 Å². The first-order valence-corrected chi connectivity index (χ1v) is 7.88. The Balaban J connectivity index is 1.98. The Morgan fingerprint density at radius 2 is 1.86 bits per heavy atom. The molecule has 6 heteroatoms. The Morgan fingerprint density at radius 3 is 2.45 bits per heavy atom. The van der Waals surface area contributed by atoms with Crippen molar-refractivity contribution in [1.82, 2.24) is 10.6 Å². The molecule has 0 aliphatic heterocycles. The molecule has 0 unspecified atom stereocenters. The number of benzene rings is 1. The quantitative estimate of drug-likeness (QED) is 0.765. The van der Waals surface area contributed by atoms with Gasteiger partial charge in [0.05, 0.1) is 18.5 Å². The smallest absolute Gasteiger partial charge is 0.312 e. The largest absolute Gasteiger partial charge is 0.352 e. The van der Waals surface area contributed by atoms with Gasteiger partial charge in [-0.15, -0.1) is 11.3 Å². The molecule has 0 aliphatic rings. The van der Waals surface area contributed by atoms with E-state index in [0.717, 1.165) is 10.4 Å². The van der Waals surface area contributed by atoms with E-state index in [1.165, 1.54) is 11.3 Å². The van der Waals surface area contributed by atoms with Crippen LogP contribution in [-0.2, 0) is 4.79 Å². The van der Waals surface area contributed by atoms with E-state index in [-0.39, 0.29) is 18.4 Å². The molecule has 2 aromatic rings. The molecule has 0 fully saturated rings. The number of thiophene rings is 1. The summed E-state index contributed by atoms with van der Waals surface area (Å²) in [6, 6.07) is 12.3. The molecule has 0 radical (unpaired) electrons. The molecule has 2 atom stereocenters. The van der Waals surface area contributed by atoms with Crippen LogP contribution in [0.2, 0.25) is 0 Å². The van der Waals surface area contributed by atoms with E-state index in [1.54, 1.807) is 0 Å². The summed E-state index contributed by atoms with van der Waals surface area (Å²) in [5, 5.41) is 7.45. The van der Waals surface area contributed by atoms with Crippen molar-refractivity contribution >= 4 is 23.3 Å². The number of carbonyl (C=O) groups is 2. The highest BCUT2D eigenvalue weighted by Gasteiger charge is 2.19. The van der Waals surface area contributed by atoms with Crippen LogP contribution < -0.4 is 16.4 Å². The van der Waals surface area contributed by atoms with E-state index in [0.29, 0.717) is 0 Å². The molecule has 116 valence electrons. The molecule has 1 aromatic carbocycles. The predicted octanol–water partition coefficient (Wildman–Crippen LogP) is 2.73. The van der Waals surface area contributed by atoms with Gasteiger partial charge < -0.3 is 16.4 Å². The van der Waals surface area contributed by atoms with Crippen LogP contribution in [0.4, 0.5) is 4.79 Å². The molecule has 4 N–H and O–H groups in total. The second-order valence-electron chi connectivity index (χ2n) is 4.98. The van der Waals surface area contributed by atoms with Crippen LogP contribution in [-0.4, -0.2) is 11.9 Å². The molecular formula is C16H19N3O2S. The number of hydrogen-bond donors (Lipinski definition) is 3. The number of nitrogens with one attached hydrogen (secondary N) is 2. The minimum atomic E-state index is -0.637. The monoisotopic (exact) mass is 317 g/mol. The highest BCUT2D eigenvalue weighted by molar-refractivity contribution is 7.10. The maximum absolute atomic E-state index is 12.2. The zero-order chi connectivity index (χ0) is 15.9. The fraction of sp³-hybridized carbons (Fsp3) is 0.250. The molecule has 0 bridgehead atoms. The number of primary amides is 1. The lowest BCUT2D eigenvalue weighted by Gasteiger charge is -2.19. The average molecular weight is 317 g/mol. The van der Waals surface area contributed by atoms with Gasteiger partial charge in [0.25, 0.3) is 0 Å². The van der Waals surface area contributed by atoms with Crippen molar-refractivity contribution < 1.29 is 9.59 Å². The van der Waals surface area contributed by atoms with Crippen molar-refractivity contribution in [2.24, 2.45) is 5.73 Å². The zero-order valence-electron chi connectivity index (χ0n) is 12.3. The molecule has 22 heavy (non-hydrogen) atoms. The van der Waals surface area contributed by atoms with Crippen molar-refractivity contribution in [3.8, 4) is 0 Å². The average Bonchev–Trinajstić information content (AvgIpc) is 3.01. The van der Waals surface area contributed by atoms with Gasteiger partial charge in [0.15, 0.2) is 0 Å². The Morgan fingerprint density at radius 1 is 1.14 bits per heavy atom. The standard InChI is InChI=1S/C16H19N3O2S/c1-11(12-6-3-2-4-7-12)18-15(20)10-13(19-16(17)21)14-8-5-9-22-14/h2-9,11,13H,10H2,1H3,(H,18,20)(H3,17,19,21)/t11-,13+/m0/s1. The Labute approximate surface area is 133 Å². The lowest BCUT2D eigenvalue weighted by Crippen LogP contribution is -2.36. The summed E-state index contributed by atoms with van der Waals surface area (Å²) in [6.45, 7) is 1.93. The van der Waals surface area contributed by atoms with Gasteiger partial charge in [-0.1, -0.05) is 36.4 Å². The molecule has 1 aromatic heterocycles. The SMILES string of the molecule is C[C@H](NC(=O)C[C@@H](NC(N)=O)c1cccs1)c1ccccc1. The van der Waals surface area contributed by atoms with Crippen molar-refractivity contribution in [2.75, 3.05) is 0 Å². The lowest BCUT2D eigenvalue weighted by molar-refractivity contribution is -0.122. The molecule has 3 amide bonds. The minimum Gasteiger partial charge on any atom is -0.352 e. The van der Waals surface area contributed by atoms with Crippen molar-refractivity contribution in [3.05, 3.63) is 58.3 Å². The molecule has 0 saturated carbocycles. The normalized spacial score (nSPS) is 13.1. The third-order valence-electron chi connectivity index (χ3n) is 3.27. The van der Waals surface area contributed by atoms with E-state index in [9.17, 15) is 9.59 Å². The number of nitrogens with two attached hydrogens (primary N) is 1. The van der Waals surface area contributed by atoms with Gasteiger partial charge in [-0.3, -0.25) is 4.79 Å². The highest BCUT2D eigenvalue weighted by atomic mass is 32.1. The summed E-state index contributed by atoms with van der Waals surface area (Å²) in [5.41, 5.74) is 6.22. The second kappa shape index (κ2) is 7.61. The van der Waals surface area contributed by atoms with Crippen LogP contribution in [0.15, 0.2) is 47.8 Å². The lowest BCUT2D eigenvalue weighted by atomic mass is 10.1. The van der Waals surface area contributed by atoms with Gasteiger partial charge in [0.2, 0.25) is 5.91 Å². The second-order valence-corrected chi connectivity index (χ2v) is 5.96. The third kappa shape index (κ3) is 4.60. The number of urea groups is 1. The van der Waals surface area contributed by atoms with E-state index in [2.05, 4.69) is 10.6 Å². The van der Waals surface area contributed by atoms with Gasteiger partial charge in [-0.25, -0.2) is 4.79 Å². The molecule has 2 rings (SSSR count). The van der Waals surface area contributed by atoms with E-state index < -0.39 is 12.1 Å². The van der Waals surface area contributed by atoms with E-state index in [1.807, 2.05) is 54.8 Å². The number of rotatable bonds is 6. The van der Waals surface area contributed by atoms with Crippen LogP contribution in [0, 0.1) is 0 Å². The van der Waals surface area contributed by atoms with Crippen LogP contribution in [0.25, 0.3) is 0 Å². The summed E-state index contributed by atoms with van der Waals surface area (Å²) < 4.78 is 0. The summed E-state index contributed by atoms with van der Waals surface area (Å²) in [6.07, 6.45) is 0.153. The van der Waals surface area contributed by atoms with Gasteiger partial charge >= 0.3 is 6.03 Å². The molecule has 1 heterocycles. The van der Waals surface area contributed by atoms with Crippen LogP contribution >= 0.6 is 11.3 Å². The topological polar surface area (TPSA) is 84.2 Å². The maximum Gasteiger partial charge on any atom is 0.312 e. The molecule has 0 saturated heterocycles. The maximum atomic E-state index is 12.2. The summed E-state index contributed by atoms with van der Waals surface area (Å²) >= 11 is 1.48. The Kier molecular flexibility index (Phi) is 5.55. The molecule has 0 aliphatic carbocycles. The van der Waals surface area contributed by atoms with Gasteiger partial charge in [0.1, 0.15) is 0 Å². The first-order chi connectivity index (χ1) is 10.6. The van der Waals surface area contributed by atoms with Crippen molar-refractivity contribution in [3.63, 3.8) is 0 Å². The molecular weight excluding hydrogens is 298 g/mol. The first kappa shape index (κ1) is 16.0. The Bertz CT molecular complexity index is 614. The summed E-state index contributed by atoms with van der Waals surface area (Å²) in [7, 11) is 0. The van der Waals surface area contributed by atoms with Crippen molar-refractivity contribution in [2.45, 2.75) is 25.4 Å². The Hall–Kier alpha value is -2.34. The van der Waals surface area contributed by atoms with Gasteiger partial charge in [0, 0.05) is 4.88 Å². The van der Waals surface area contributed by atoms with E-state index in [4.69, 9.17) is 5.73 Å². The molecule has 0 spiro atoms. The highest BCUT2D eigenvalue weighted by Crippen LogP contribution is 2.22. The predicted molar refractivity (Wildman–Crippen MR) is 87.4 cm³/mol. The van der Waals surface area contributed by atoms with Crippen LogP contribution in [0.1, 0.15) is 35.9 Å². The number of hydrogen-bond acceptors (Lipinski definition) is 3. The van der Waals surface area contributed by atoms with Crippen molar-refractivity contribution in [1.29, 1.82) is 0 Å². The number of carbonyl (C=O) groups excluding carboxylic acids is 2. The van der Waals surface area contributed by atoms with Crippen LogP contribution in [0.5, 0.6) is 0 Å². The fourth-order valence-corrected chi connectivity index (χ4v) is 2.97. The molecule has 5 nitrogen and oxygen atoms in total. The number of amides is 3. The van der Waals surface area contributed by atoms with Gasteiger partial charge in [-0.2, -0.15) is 0 Å². The van der Waals surface area contributed by atoms with Crippen LogP contribution in [0.3, 0.4) is 0 Å².